The van der Waals surface area contributed by atoms with Gasteiger partial charge in [0.15, 0.2) is 0 Å². The minimum Gasteiger partial charge on any atom is -0.330 e. The van der Waals surface area contributed by atoms with Crippen LogP contribution in [-0.2, 0) is 0 Å². The second kappa shape index (κ2) is 13.1. The largest absolute Gasteiger partial charge is 0.330 e. The summed E-state index contributed by atoms with van der Waals surface area (Å²) in [5, 5.41) is 5.76. The van der Waals surface area contributed by atoms with E-state index in [2.05, 4.69) is 120 Å². The zero-order chi connectivity index (χ0) is 27.9. The molecule has 1 aliphatic heterocycles. The number of likely N-dealkylation sites (tertiary alicyclic amines) is 1. The number of hydrogen-bond donors (Lipinski definition) is 1. The highest BCUT2D eigenvalue weighted by atomic mass is 32.1. The van der Waals surface area contributed by atoms with Crippen LogP contribution in [0.3, 0.4) is 0 Å². The molecule has 0 radical (unpaired) electrons. The number of aryl methyl sites for hydroxylation is 1. The Morgan fingerprint density at radius 1 is 0.780 bits per heavy atom. The van der Waals surface area contributed by atoms with Crippen LogP contribution < -0.4 is 5.32 Å². The van der Waals surface area contributed by atoms with Gasteiger partial charge in [-0.1, -0.05) is 139 Å². The molecule has 6 rings (SSSR count). The molecule has 206 valence electrons. The Bertz CT molecular complexity index is 1560. The second-order valence-corrected chi connectivity index (χ2v) is 11.6. The average Bonchev–Trinajstić information content (AvgIpc) is 3.47. The van der Waals surface area contributed by atoms with Crippen molar-refractivity contribution >= 4 is 22.2 Å². The molecule has 5 aromatic rings. The molecule has 0 spiro atoms. The molecule has 0 aliphatic carbocycles. The van der Waals surface area contributed by atoms with Crippen LogP contribution in [0, 0.1) is 6.92 Å². The van der Waals surface area contributed by atoms with Crippen LogP contribution in [0.25, 0.3) is 21.8 Å². The van der Waals surface area contributed by atoms with Crippen molar-refractivity contribution in [2.24, 2.45) is 4.99 Å². The predicted octanol–water partition coefficient (Wildman–Crippen LogP) is 8.87. The van der Waals surface area contributed by atoms with Gasteiger partial charge in [0, 0.05) is 16.7 Å². The Balaban J connectivity index is 1.40. The van der Waals surface area contributed by atoms with Crippen molar-refractivity contribution in [2.45, 2.75) is 32.2 Å². The third kappa shape index (κ3) is 6.64. The molecular formula is C36H36N4S. The first-order valence-corrected chi connectivity index (χ1v) is 15.4. The quantitative estimate of drug-likeness (QED) is 0.153. The number of rotatable bonds is 8. The minimum absolute atomic E-state index is 0.244. The van der Waals surface area contributed by atoms with Crippen LogP contribution >= 0.6 is 11.3 Å². The highest BCUT2D eigenvalue weighted by molar-refractivity contribution is 7.19. The smallest absolute Gasteiger partial charge is 0.133 e. The van der Waals surface area contributed by atoms with Gasteiger partial charge in [-0.25, -0.2) is 4.98 Å². The van der Waals surface area contributed by atoms with E-state index in [-0.39, 0.29) is 6.04 Å². The van der Waals surface area contributed by atoms with E-state index in [0.717, 1.165) is 51.3 Å². The van der Waals surface area contributed by atoms with E-state index in [4.69, 9.17) is 9.98 Å². The van der Waals surface area contributed by atoms with Crippen LogP contribution in [-0.4, -0.2) is 35.4 Å². The monoisotopic (exact) mass is 556 g/mol. The number of nitrogens with one attached hydrogen (secondary N) is 1. The van der Waals surface area contributed by atoms with Crippen molar-refractivity contribution < 1.29 is 0 Å². The van der Waals surface area contributed by atoms with Crippen molar-refractivity contribution in [3.63, 3.8) is 0 Å². The van der Waals surface area contributed by atoms with Crippen molar-refractivity contribution in [3.8, 4) is 21.8 Å². The van der Waals surface area contributed by atoms with Gasteiger partial charge in [-0.15, -0.1) is 0 Å². The van der Waals surface area contributed by atoms with Gasteiger partial charge >= 0.3 is 0 Å². The molecule has 1 aliphatic rings. The van der Waals surface area contributed by atoms with Gasteiger partial charge < -0.3 is 5.32 Å². The molecule has 1 atom stereocenters. The van der Waals surface area contributed by atoms with E-state index in [0.29, 0.717) is 6.54 Å². The van der Waals surface area contributed by atoms with Crippen molar-refractivity contribution in [1.29, 1.82) is 0 Å². The number of hydrogen-bond acceptors (Lipinski definition) is 4. The summed E-state index contributed by atoms with van der Waals surface area (Å²) in [4.78, 5) is 13.1. The first-order chi connectivity index (χ1) is 20.2. The van der Waals surface area contributed by atoms with Crippen LogP contribution in [0.4, 0.5) is 5.00 Å². The third-order valence-electron chi connectivity index (χ3n) is 7.69. The SMILES string of the molecule is Cc1ccc(C(=NCC(c2ccccc2)N2CCCCC2)Nc2sc(-c3ccccc3)nc2-c2ccccc2)cc1. The average molecular weight is 557 g/mol. The first kappa shape index (κ1) is 27.1. The summed E-state index contributed by atoms with van der Waals surface area (Å²) in [7, 11) is 0. The number of piperidine rings is 1. The van der Waals surface area contributed by atoms with Gasteiger partial charge in [0.2, 0.25) is 0 Å². The second-order valence-electron chi connectivity index (χ2n) is 10.6. The Morgan fingerprint density at radius 2 is 1.39 bits per heavy atom. The zero-order valence-electron chi connectivity index (χ0n) is 23.5. The van der Waals surface area contributed by atoms with Crippen molar-refractivity contribution in [2.75, 3.05) is 25.0 Å². The topological polar surface area (TPSA) is 40.5 Å². The first-order valence-electron chi connectivity index (χ1n) is 14.5. The summed E-state index contributed by atoms with van der Waals surface area (Å²) < 4.78 is 0. The molecule has 1 N–H and O–H groups in total. The fraction of sp³-hybridized carbons (Fsp3) is 0.222. The van der Waals surface area contributed by atoms with Gasteiger partial charge in [-0.2, -0.15) is 0 Å². The van der Waals surface area contributed by atoms with Crippen molar-refractivity contribution in [1.82, 2.24) is 9.88 Å². The maximum absolute atomic E-state index is 5.33. The number of thiazole rings is 1. The minimum atomic E-state index is 0.244. The molecule has 0 bridgehead atoms. The number of aromatic nitrogens is 1. The summed E-state index contributed by atoms with van der Waals surface area (Å²) in [5.41, 5.74) is 6.80. The molecule has 5 heteroatoms. The summed E-state index contributed by atoms with van der Waals surface area (Å²) >= 11 is 1.68. The molecule has 2 heterocycles. The fourth-order valence-corrected chi connectivity index (χ4v) is 6.43. The Labute approximate surface area is 247 Å². The van der Waals surface area contributed by atoms with Crippen molar-refractivity contribution in [3.05, 3.63) is 132 Å². The molecule has 1 saturated heterocycles. The van der Waals surface area contributed by atoms with E-state index < -0.39 is 0 Å². The van der Waals surface area contributed by atoms with E-state index in [1.165, 1.54) is 30.4 Å². The highest BCUT2D eigenvalue weighted by Gasteiger charge is 2.23. The normalized spacial score (nSPS) is 15.0. The molecule has 41 heavy (non-hydrogen) atoms. The molecular weight excluding hydrogens is 520 g/mol. The van der Waals surface area contributed by atoms with Crippen LogP contribution in [0.1, 0.15) is 42.0 Å². The Kier molecular flexibility index (Phi) is 8.65. The molecule has 1 unspecified atom stereocenters. The molecule has 4 aromatic carbocycles. The third-order valence-corrected chi connectivity index (χ3v) is 8.71. The van der Waals surface area contributed by atoms with E-state index in [1.807, 2.05) is 12.1 Å². The van der Waals surface area contributed by atoms with Crippen LogP contribution in [0.5, 0.6) is 0 Å². The van der Waals surface area contributed by atoms with E-state index in [9.17, 15) is 0 Å². The lowest BCUT2D eigenvalue weighted by Gasteiger charge is -2.34. The molecule has 0 saturated carbocycles. The summed E-state index contributed by atoms with van der Waals surface area (Å²) in [6.45, 7) is 5.05. The molecule has 1 fully saturated rings. The van der Waals surface area contributed by atoms with Gasteiger partial charge in [0.1, 0.15) is 21.5 Å². The molecule has 0 amide bonds. The number of benzene rings is 4. The lowest BCUT2D eigenvalue weighted by molar-refractivity contribution is 0.168. The summed E-state index contributed by atoms with van der Waals surface area (Å²) in [6.07, 6.45) is 3.81. The lowest BCUT2D eigenvalue weighted by atomic mass is 10.0. The molecule has 1 aromatic heterocycles. The zero-order valence-corrected chi connectivity index (χ0v) is 24.4. The van der Waals surface area contributed by atoms with Gasteiger partial charge in [-0.3, -0.25) is 9.89 Å². The molecule has 4 nitrogen and oxygen atoms in total. The predicted molar refractivity (Wildman–Crippen MR) is 174 cm³/mol. The number of aliphatic imine (C=N–C) groups is 1. The van der Waals surface area contributed by atoms with E-state index >= 15 is 0 Å². The lowest BCUT2D eigenvalue weighted by Crippen LogP contribution is -2.35. The number of amidine groups is 1. The Hall–Kier alpha value is -4.06. The van der Waals surface area contributed by atoms with Gasteiger partial charge in [-0.05, 0) is 38.4 Å². The van der Waals surface area contributed by atoms with Crippen LogP contribution in [0.15, 0.2) is 120 Å². The van der Waals surface area contributed by atoms with Gasteiger partial charge in [0.25, 0.3) is 0 Å². The number of anilines is 1. The highest BCUT2D eigenvalue weighted by Crippen LogP contribution is 2.38. The maximum Gasteiger partial charge on any atom is 0.133 e. The van der Waals surface area contributed by atoms with Crippen LogP contribution in [0.2, 0.25) is 0 Å². The maximum atomic E-state index is 5.33. The standard InChI is InChI=1S/C36H36N4S/c1-27-20-22-30(23-21-27)34(37-26-32(28-14-6-2-7-15-28)40-24-12-5-13-25-40)39-36-33(29-16-8-3-9-17-29)38-35(41-36)31-18-10-4-11-19-31/h2-4,6-11,14-23,32H,5,12-13,24-26H2,1H3,(H,37,39). The fourth-order valence-electron chi connectivity index (χ4n) is 5.44. The summed E-state index contributed by atoms with van der Waals surface area (Å²) in [6, 6.07) is 40.6. The van der Waals surface area contributed by atoms with E-state index in [1.54, 1.807) is 11.3 Å². The summed E-state index contributed by atoms with van der Waals surface area (Å²) in [5.74, 6) is 0.878. The van der Waals surface area contributed by atoms with Gasteiger partial charge in [0.05, 0.1) is 12.6 Å². The Morgan fingerprint density at radius 3 is 2.05 bits per heavy atom. The number of nitrogens with zero attached hydrogens (tertiary/aromatic N) is 3.